The van der Waals surface area contributed by atoms with Gasteiger partial charge in [-0.15, -0.1) is 0 Å². The van der Waals surface area contributed by atoms with Gasteiger partial charge in [0.15, 0.2) is 5.11 Å². The van der Waals surface area contributed by atoms with Crippen molar-refractivity contribution in [3.8, 4) is 6.07 Å². The summed E-state index contributed by atoms with van der Waals surface area (Å²) in [5, 5.41) is 10.6. The largest absolute Gasteiger partial charge is 0.418 e. The highest BCUT2D eigenvalue weighted by Crippen LogP contribution is 2.39. The van der Waals surface area contributed by atoms with Gasteiger partial charge in [0.25, 0.3) is 0 Å². The molecule has 0 radical (unpaired) electrons. The first-order valence-corrected chi connectivity index (χ1v) is 5.33. The van der Waals surface area contributed by atoms with Gasteiger partial charge in [-0.05, 0) is 40.3 Å². The van der Waals surface area contributed by atoms with E-state index in [1.165, 1.54) is 6.07 Å². The van der Waals surface area contributed by atoms with Crippen LogP contribution in [0.5, 0.6) is 0 Å². The Morgan fingerprint density at radius 1 is 1.47 bits per heavy atom. The van der Waals surface area contributed by atoms with Crippen LogP contribution in [0.1, 0.15) is 11.1 Å². The zero-order chi connectivity index (χ0) is 13.2. The normalized spacial score (nSPS) is 10.8. The molecule has 3 N–H and O–H groups in total. The van der Waals surface area contributed by atoms with Gasteiger partial charge in [-0.1, -0.05) is 0 Å². The summed E-state index contributed by atoms with van der Waals surface area (Å²) < 4.78 is 38.3. The molecule has 0 atom stereocenters. The molecule has 0 aliphatic heterocycles. The number of nitrogens with zero attached hydrogens (tertiary/aromatic N) is 1. The minimum absolute atomic E-state index is 0.0664. The number of halogens is 4. The van der Waals surface area contributed by atoms with Crippen LogP contribution in [0.2, 0.25) is 0 Å². The van der Waals surface area contributed by atoms with Crippen molar-refractivity contribution in [2.45, 2.75) is 6.18 Å². The third kappa shape index (κ3) is 3.31. The van der Waals surface area contributed by atoms with Crippen molar-refractivity contribution in [2.24, 2.45) is 5.73 Å². The van der Waals surface area contributed by atoms with E-state index in [1.807, 2.05) is 0 Å². The molecule has 0 spiro atoms. The molecule has 0 amide bonds. The van der Waals surface area contributed by atoms with E-state index in [1.54, 1.807) is 6.07 Å². The average Bonchev–Trinajstić information content (AvgIpc) is 2.18. The number of hydrogen-bond acceptors (Lipinski definition) is 2. The van der Waals surface area contributed by atoms with Gasteiger partial charge in [-0.25, -0.2) is 0 Å². The Labute approximate surface area is 109 Å². The number of thiocarbonyl (C=S) groups is 1. The van der Waals surface area contributed by atoms with Crippen molar-refractivity contribution in [3.63, 3.8) is 0 Å². The van der Waals surface area contributed by atoms with Crippen LogP contribution in [0, 0.1) is 11.3 Å². The Kier molecular flexibility index (Phi) is 3.95. The van der Waals surface area contributed by atoms with Gasteiger partial charge >= 0.3 is 6.18 Å². The quantitative estimate of drug-likeness (QED) is 0.780. The van der Waals surface area contributed by atoms with Crippen LogP contribution in [0.4, 0.5) is 18.9 Å². The van der Waals surface area contributed by atoms with Crippen molar-refractivity contribution in [1.82, 2.24) is 0 Å². The number of hydrogen-bond donors (Lipinski definition) is 2. The second kappa shape index (κ2) is 4.89. The molecule has 8 heteroatoms. The van der Waals surface area contributed by atoms with Crippen LogP contribution in [0.3, 0.4) is 0 Å². The molecule has 0 unspecified atom stereocenters. The molecule has 0 heterocycles. The predicted molar refractivity (Wildman–Crippen MR) is 64.3 cm³/mol. The number of nitrogens with two attached hydrogens (primary N) is 1. The summed E-state index contributed by atoms with van der Waals surface area (Å²) in [4.78, 5) is 0. The van der Waals surface area contributed by atoms with Gasteiger partial charge in [-0.2, -0.15) is 18.4 Å². The summed E-state index contributed by atoms with van der Waals surface area (Å²) in [6.07, 6.45) is -4.61. The SMILES string of the molecule is N#Cc1cc(Br)c(NC(N)=S)c(C(F)(F)F)c1. The Morgan fingerprint density at radius 3 is 2.47 bits per heavy atom. The van der Waals surface area contributed by atoms with Gasteiger partial charge in [-0.3, -0.25) is 0 Å². The van der Waals surface area contributed by atoms with Crippen molar-refractivity contribution >= 4 is 38.9 Å². The number of alkyl halides is 3. The van der Waals surface area contributed by atoms with Crippen LogP contribution in [-0.4, -0.2) is 5.11 Å². The molecule has 1 aromatic carbocycles. The maximum Gasteiger partial charge on any atom is 0.418 e. The van der Waals surface area contributed by atoms with Gasteiger partial charge in [0.1, 0.15) is 0 Å². The Bertz CT molecular complexity index is 507. The predicted octanol–water partition coefficient (Wildman–Crippen LogP) is 3.00. The molecule has 0 fully saturated rings. The lowest BCUT2D eigenvalue weighted by atomic mass is 10.1. The maximum absolute atomic E-state index is 12.7. The highest BCUT2D eigenvalue weighted by Gasteiger charge is 2.35. The molecule has 0 aliphatic rings. The topological polar surface area (TPSA) is 61.8 Å². The molecule has 0 saturated carbocycles. The Hall–Kier alpha value is -1.33. The first kappa shape index (κ1) is 13.7. The maximum atomic E-state index is 12.7. The molecule has 0 bridgehead atoms. The number of nitrogens with one attached hydrogen (secondary N) is 1. The van der Waals surface area contributed by atoms with Gasteiger partial charge in [0.2, 0.25) is 0 Å². The number of anilines is 1. The first-order valence-electron chi connectivity index (χ1n) is 4.13. The van der Waals surface area contributed by atoms with E-state index in [2.05, 4.69) is 33.5 Å². The fraction of sp³-hybridized carbons (Fsp3) is 0.111. The summed E-state index contributed by atoms with van der Waals surface area (Å²) in [7, 11) is 0. The van der Waals surface area contributed by atoms with Crippen molar-refractivity contribution in [1.29, 1.82) is 5.26 Å². The van der Waals surface area contributed by atoms with E-state index in [9.17, 15) is 13.2 Å². The van der Waals surface area contributed by atoms with E-state index in [0.717, 1.165) is 6.07 Å². The minimum Gasteiger partial charge on any atom is -0.376 e. The zero-order valence-corrected chi connectivity index (χ0v) is 10.5. The van der Waals surface area contributed by atoms with Crippen LogP contribution < -0.4 is 11.1 Å². The standard InChI is InChI=1S/C9H5BrF3N3S/c10-6-2-4(3-14)1-5(9(11,12)13)7(6)16-8(15)17/h1-2H,(H3,15,16,17). The fourth-order valence-corrected chi connectivity index (χ4v) is 1.81. The van der Waals surface area contributed by atoms with Crippen LogP contribution in [-0.2, 0) is 6.18 Å². The Morgan fingerprint density at radius 2 is 2.06 bits per heavy atom. The highest BCUT2D eigenvalue weighted by molar-refractivity contribution is 9.10. The van der Waals surface area contributed by atoms with Gasteiger partial charge in [0.05, 0.1) is 22.9 Å². The summed E-state index contributed by atoms with van der Waals surface area (Å²) in [5.41, 5.74) is 3.72. The monoisotopic (exact) mass is 323 g/mol. The molecule has 1 rings (SSSR count). The van der Waals surface area contributed by atoms with Crippen LogP contribution in [0.15, 0.2) is 16.6 Å². The molecule has 17 heavy (non-hydrogen) atoms. The summed E-state index contributed by atoms with van der Waals surface area (Å²) in [5.74, 6) is 0. The average molecular weight is 324 g/mol. The molecule has 0 aliphatic carbocycles. The molecule has 0 saturated heterocycles. The third-order valence-corrected chi connectivity index (χ3v) is 2.50. The lowest BCUT2D eigenvalue weighted by Crippen LogP contribution is -2.22. The third-order valence-electron chi connectivity index (χ3n) is 1.77. The number of nitriles is 1. The summed E-state index contributed by atoms with van der Waals surface area (Å²) in [6.45, 7) is 0. The van der Waals surface area contributed by atoms with Gasteiger partial charge in [0, 0.05) is 4.47 Å². The smallest absolute Gasteiger partial charge is 0.376 e. The number of rotatable bonds is 1. The fourth-order valence-electron chi connectivity index (χ4n) is 1.15. The van der Waals surface area contributed by atoms with Crippen LogP contribution in [0.25, 0.3) is 0 Å². The van der Waals surface area contributed by atoms with E-state index in [0.29, 0.717) is 0 Å². The lowest BCUT2D eigenvalue weighted by molar-refractivity contribution is -0.137. The zero-order valence-electron chi connectivity index (χ0n) is 8.10. The molecule has 90 valence electrons. The lowest BCUT2D eigenvalue weighted by Gasteiger charge is -2.15. The van der Waals surface area contributed by atoms with E-state index in [-0.39, 0.29) is 20.8 Å². The van der Waals surface area contributed by atoms with Crippen molar-refractivity contribution in [2.75, 3.05) is 5.32 Å². The second-order valence-corrected chi connectivity index (χ2v) is 4.27. The summed E-state index contributed by atoms with van der Waals surface area (Å²) in [6, 6.07) is 3.61. The summed E-state index contributed by atoms with van der Waals surface area (Å²) >= 11 is 7.43. The molecular weight excluding hydrogens is 319 g/mol. The first-order chi connectivity index (χ1) is 7.75. The number of benzene rings is 1. The van der Waals surface area contributed by atoms with Crippen molar-refractivity contribution < 1.29 is 13.2 Å². The van der Waals surface area contributed by atoms with E-state index >= 15 is 0 Å². The molecule has 1 aromatic rings. The molecule has 0 aromatic heterocycles. The Balaban J connectivity index is 3.46. The van der Waals surface area contributed by atoms with Crippen molar-refractivity contribution in [3.05, 3.63) is 27.7 Å². The second-order valence-electron chi connectivity index (χ2n) is 2.98. The van der Waals surface area contributed by atoms with E-state index < -0.39 is 11.7 Å². The van der Waals surface area contributed by atoms with E-state index in [4.69, 9.17) is 11.0 Å². The highest BCUT2D eigenvalue weighted by atomic mass is 79.9. The minimum atomic E-state index is -4.61. The van der Waals surface area contributed by atoms with Crippen LogP contribution >= 0.6 is 28.1 Å². The van der Waals surface area contributed by atoms with Gasteiger partial charge < -0.3 is 11.1 Å². The molecule has 3 nitrogen and oxygen atoms in total. The molecular formula is C9H5BrF3N3S.